The maximum Gasteiger partial charge on any atom is 0.335 e. The summed E-state index contributed by atoms with van der Waals surface area (Å²) < 4.78 is 18.3. The van der Waals surface area contributed by atoms with Gasteiger partial charge in [0.05, 0.1) is 17.2 Å². The molecule has 0 aromatic heterocycles. The van der Waals surface area contributed by atoms with E-state index in [1.807, 2.05) is 0 Å². The molecule has 0 atom stereocenters. The number of amides is 2. The standard InChI is InChI=1S/C19H20ClFN2O4/c1-27-9-8-23(12-14-4-7-17(21)16(20)10-14)19(26)22-11-13-2-5-15(6-3-13)18(24)25/h2-7,10H,8-9,11-12H2,1H3,(H,22,26)(H,24,25). The van der Waals surface area contributed by atoms with Gasteiger partial charge in [-0.2, -0.15) is 0 Å². The highest BCUT2D eigenvalue weighted by atomic mass is 35.5. The van der Waals surface area contributed by atoms with Gasteiger partial charge in [-0.05, 0) is 35.4 Å². The van der Waals surface area contributed by atoms with Gasteiger partial charge in [0.25, 0.3) is 0 Å². The molecule has 2 amide bonds. The van der Waals surface area contributed by atoms with Crippen LogP contribution in [0.15, 0.2) is 42.5 Å². The minimum absolute atomic E-state index is 0.00174. The van der Waals surface area contributed by atoms with E-state index in [1.165, 1.54) is 36.3 Å². The molecule has 6 nitrogen and oxygen atoms in total. The number of hydrogen-bond donors (Lipinski definition) is 2. The van der Waals surface area contributed by atoms with Gasteiger partial charge in [-0.1, -0.05) is 29.8 Å². The molecular weight excluding hydrogens is 375 g/mol. The predicted octanol–water partition coefficient (Wildman–Crippen LogP) is 3.54. The largest absolute Gasteiger partial charge is 0.478 e. The average Bonchev–Trinajstić information content (AvgIpc) is 2.66. The van der Waals surface area contributed by atoms with Crippen LogP contribution in [0.2, 0.25) is 5.02 Å². The van der Waals surface area contributed by atoms with Crippen molar-refractivity contribution >= 4 is 23.6 Å². The molecule has 144 valence electrons. The van der Waals surface area contributed by atoms with Crippen molar-refractivity contribution in [3.05, 3.63) is 70.0 Å². The van der Waals surface area contributed by atoms with Gasteiger partial charge in [-0.25, -0.2) is 14.0 Å². The minimum atomic E-state index is -1.01. The fourth-order valence-electron chi connectivity index (χ4n) is 2.37. The lowest BCUT2D eigenvalue weighted by molar-refractivity contribution is 0.0697. The molecule has 2 rings (SSSR count). The quantitative estimate of drug-likeness (QED) is 0.717. The fourth-order valence-corrected chi connectivity index (χ4v) is 2.57. The molecule has 27 heavy (non-hydrogen) atoms. The third kappa shape index (κ3) is 6.23. The van der Waals surface area contributed by atoms with Crippen molar-refractivity contribution in [1.82, 2.24) is 10.2 Å². The number of ether oxygens (including phenoxy) is 1. The van der Waals surface area contributed by atoms with Crippen molar-refractivity contribution in [3.63, 3.8) is 0 Å². The molecule has 0 aliphatic rings. The van der Waals surface area contributed by atoms with E-state index >= 15 is 0 Å². The van der Waals surface area contributed by atoms with E-state index in [0.717, 1.165) is 5.56 Å². The van der Waals surface area contributed by atoms with Gasteiger partial charge >= 0.3 is 12.0 Å². The maximum atomic E-state index is 13.3. The maximum absolute atomic E-state index is 13.3. The number of halogens is 2. The summed E-state index contributed by atoms with van der Waals surface area (Å²) in [6.45, 7) is 1.17. The molecule has 2 N–H and O–H groups in total. The lowest BCUT2D eigenvalue weighted by Gasteiger charge is -2.23. The van der Waals surface area contributed by atoms with E-state index in [0.29, 0.717) is 18.7 Å². The molecule has 0 aliphatic carbocycles. The van der Waals surface area contributed by atoms with Gasteiger partial charge in [0.15, 0.2) is 0 Å². The van der Waals surface area contributed by atoms with Crippen molar-refractivity contribution in [2.75, 3.05) is 20.3 Å². The Kier molecular flexibility index (Phi) is 7.57. The highest BCUT2D eigenvalue weighted by Crippen LogP contribution is 2.17. The Morgan fingerprint density at radius 2 is 1.85 bits per heavy atom. The second-order valence-electron chi connectivity index (χ2n) is 5.82. The molecule has 0 heterocycles. The third-order valence-electron chi connectivity index (χ3n) is 3.85. The molecule has 0 bridgehead atoms. The van der Waals surface area contributed by atoms with E-state index < -0.39 is 11.8 Å². The minimum Gasteiger partial charge on any atom is -0.478 e. The van der Waals surface area contributed by atoms with Gasteiger partial charge < -0.3 is 20.1 Å². The number of rotatable bonds is 8. The number of carbonyl (C=O) groups excluding carboxylic acids is 1. The Balaban J connectivity index is 2.00. The summed E-state index contributed by atoms with van der Waals surface area (Å²) >= 11 is 5.80. The van der Waals surface area contributed by atoms with Gasteiger partial charge in [-0.15, -0.1) is 0 Å². The Morgan fingerprint density at radius 3 is 2.44 bits per heavy atom. The third-order valence-corrected chi connectivity index (χ3v) is 4.14. The van der Waals surface area contributed by atoms with Gasteiger partial charge in [0.2, 0.25) is 0 Å². The van der Waals surface area contributed by atoms with E-state index in [1.54, 1.807) is 18.2 Å². The average molecular weight is 395 g/mol. The number of carboxylic acids is 1. The Labute approximate surface area is 161 Å². The van der Waals surface area contributed by atoms with Gasteiger partial charge in [0.1, 0.15) is 5.82 Å². The predicted molar refractivity (Wildman–Crippen MR) is 99.3 cm³/mol. The summed E-state index contributed by atoms with van der Waals surface area (Å²) in [4.78, 5) is 24.9. The van der Waals surface area contributed by atoms with E-state index in [-0.39, 0.29) is 29.7 Å². The van der Waals surface area contributed by atoms with E-state index in [2.05, 4.69) is 5.32 Å². The first-order chi connectivity index (χ1) is 12.9. The monoisotopic (exact) mass is 394 g/mol. The number of methoxy groups -OCH3 is 1. The van der Waals surface area contributed by atoms with Crippen LogP contribution >= 0.6 is 11.6 Å². The zero-order valence-electron chi connectivity index (χ0n) is 14.7. The second kappa shape index (κ2) is 9.89. The van der Waals surface area contributed by atoms with Crippen molar-refractivity contribution in [3.8, 4) is 0 Å². The van der Waals surface area contributed by atoms with Crippen molar-refractivity contribution in [1.29, 1.82) is 0 Å². The number of aromatic carboxylic acids is 1. The van der Waals surface area contributed by atoms with Crippen molar-refractivity contribution in [2.24, 2.45) is 0 Å². The normalized spacial score (nSPS) is 10.5. The first-order valence-electron chi connectivity index (χ1n) is 8.18. The summed E-state index contributed by atoms with van der Waals surface area (Å²) in [5.74, 6) is -1.52. The van der Waals surface area contributed by atoms with E-state index in [9.17, 15) is 14.0 Å². The van der Waals surface area contributed by atoms with Crippen LogP contribution in [0.25, 0.3) is 0 Å². The number of hydrogen-bond acceptors (Lipinski definition) is 3. The lowest BCUT2D eigenvalue weighted by Crippen LogP contribution is -2.40. The second-order valence-corrected chi connectivity index (χ2v) is 6.23. The Hall–Kier alpha value is -2.64. The summed E-state index contributed by atoms with van der Waals surface area (Å²) in [5.41, 5.74) is 1.64. The molecule has 0 saturated carbocycles. The van der Waals surface area contributed by atoms with Gasteiger partial charge in [0, 0.05) is 26.7 Å². The summed E-state index contributed by atoms with van der Waals surface area (Å²) in [6, 6.07) is 10.2. The fraction of sp³-hybridized carbons (Fsp3) is 0.263. The smallest absolute Gasteiger partial charge is 0.335 e. The molecule has 0 unspecified atom stereocenters. The summed E-state index contributed by atoms with van der Waals surface area (Å²) in [5, 5.41) is 11.7. The molecule has 0 radical (unpaired) electrons. The topological polar surface area (TPSA) is 78.9 Å². The van der Waals surface area contributed by atoms with Crippen LogP contribution in [0.4, 0.5) is 9.18 Å². The zero-order valence-corrected chi connectivity index (χ0v) is 15.5. The van der Waals surface area contributed by atoms with Crippen LogP contribution in [0.1, 0.15) is 21.5 Å². The molecular formula is C19H20ClFN2O4. The molecule has 0 saturated heterocycles. The highest BCUT2D eigenvalue weighted by molar-refractivity contribution is 6.30. The molecule has 8 heteroatoms. The van der Waals surface area contributed by atoms with Crippen LogP contribution in [-0.2, 0) is 17.8 Å². The number of urea groups is 1. The number of carboxylic acid groups (broad SMARTS) is 1. The Bertz CT molecular complexity index is 799. The molecule has 2 aromatic rings. The first kappa shape index (κ1) is 20.7. The molecule has 0 aliphatic heterocycles. The molecule has 0 fully saturated rings. The SMILES string of the molecule is COCCN(Cc1ccc(F)c(Cl)c1)C(=O)NCc1ccc(C(=O)O)cc1. The van der Waals surface area contributed by atoms with Crippen LogP contribution in [0, 0.1) is 5.82 Å². The number of benzene rings is 2. The number of nitrogens with one attached hydrogen (secondary N) is 1. The number of nitrogens with zero attached hydrogens (tertiary/aromatic N) is 1. The molecule has 2 aromatic carbocycles. The van der Waals surface area contributed by atoms with Crippen LogP contribution < -0.4 is 5.32 Å². The first-order valence-corrected chi connectivity index (χ1v) is 8.56. The summed E-state index contributed by atoms with van der Waals surface area (Å²) in [7, 11) is 1.54. The van der Waals surface area contributed by atoms with Crippen molar-refractivity contribution < 1.29 is 23.8 Å². The van der Waals surface area contributed by atoms with Crippen LogP contribution in [-0.4, -0.2) is 42.3 Å². The van der Waals surface area contributed by atoms with Crippen molar-refractivity contribution in [2.45, 2.75) is 13.1 Å². The Morgan fingerprint density at radius 1 is 1.19 bits per heavy atom. The number of carbonyl (C=O) groups is 2. The highest BCUT2D eigenvalue weighted by Gasteiger charge is 2.14. The summed E-state index contributed by atoms with van der Waals surface area (Å²) in [6.07, 6.45) is 0. The zero-order chi connectivity index (χ0) is 19.8. The van der Waals surface area contributed by atoms with E-state index in [4.69, 9.17) is 21.4 Å². The molecule has 0 spiro atoms. The van der Waals surface area contributed by atoms with Gasteiger partial charge in [-0.3, -0.25) is 0 Å². The van der Waals surface area contributed by atoms with Crippen LogP contribution in [0.3, 0.4) is 0 Å². The lowest BCUT2D eigenvalue weighted by atomic mass is 10.1. The van der Waals surface area contributed by atoms with Crippen LogP contribution in [0.5, 0.6) is 0 Å².